The van der Waals surface area contributed by atoms with Crippen LogP contribution < -0.4 is 9.64 Å². The molecular formula is C35H37F3N6O2S2. The highest BCUT2D eigenvalue weighted by Crippen LogP contribution is 2.42. The predicted octanol–water partition coefficient (Wildman–Crippen LogP) is 8.83. The van der Waals surface area contributed by atoms with Crippen LogP contribution in [0.3, 0.4) is 0 Å². The van der Waals surface area contributed by atoms with Crippen molar-refractivity contribution in [3.63, 3.8) is 0 Å². The summed E-state index contributed by atoms with van der Waals surface area (Å²) < 4.78 is 42.2. The molecule has 8 nitrogen and oxygen atoms in total. The normalized spacial score (nSPS) is 16.0. The summed E-state index contributed by atoms with van der Waals surface area (Å²) in [6.45, 7) is 12.7. The summed E-state index contributed by atoms with van der Waals surface area (Å²) in [6, 6.07) is 19.5. The highest BCUT2D eigenvalue weighted by Gasteiger charge is 2.46. The second kappa shape index (κ2) is 14.6. The molecule has 1 amide bonds. The van der Waals surface area contributed by atoms with E-state index in [0.29, 0.717) is 34.8 Å². The van der Waals surface area contributed by atoms with Gasteiger partial charge in [0, 0.05) is 12.1 Å². The molecular weight excluding hydrogens is 658 g/mol. The molecule has 0 N–H and O–H groups in total. The smallest absolute Gasteiger partial charge is 0.406 e. The summed E-state index contributed by atoms with van der Waals surface area (Å²) in [5.41, 5.74) is 5.48. The molecule has 0 unspecified atom stereocenters. The third-order valence-electron chi connectivity index (χ3n) is 7.46. The molecule has 0 radical (unpaired) electrons. The Morgan fingerprint density at radius 1 is 1.06 bits per heavy atom. The van der Waals surface area contributed by atoms with Crippen LogP contribution in [0.5, 0.6) is 5.75 Å². The number of anilines is 1. The average Bonchev–Trinajstić information content (AvgIpc) is 3.59. The molecule has 0 aliphatic carbocycles. The number of nitrogens with zero attached hydrogens (tertiary/aromatic N) is 6. The molecule has 3 aromatic carbocycles. The van der Waals surface area contributed by atoms with Crippen LogP contribution >= 0.6 is 23.5 Å². The Hall–Kier alpha value is -4.10. The van der Waals surface area contributed by atoms with E-state index >= 15 is 0 Å². The number of halogens is 3. The number of ether oxygens (including phenoxy) is 1. The van der Waals surface area contributed by atoms with Crippen LogP contribution in [-0.4, -0.2) is 54.4 Å². The van der Waals surface area contributed by atoms with Crippen molar-refractivity contribution in [3.05, 3.63) is 89.7 Å². The molecule has 1 saturated heterocycles. The molecule has 0 saturated carbocycles. The van der Waals surface area contributed by atoms with Gasteiger partial charge in [0.25, 0.3) is 0 Å². The van der Waals surface area contributed by atoms with Crippen LogP contribution in [0.2, 0.25) is 0 Å². The van der Waals surface area contributed by atoms with Gasteiger partial charge in [0.15, 0.2) is 16.2 Å². The Bertz CT molecular complexity index is 1820. The summed E-state index contributed by atoms with van der Waals surface area (Å²) in [5.74, 6) is 1.21. The maximum atomic E-state index is 13.6. The fraction of sp³-hybridized carbons (Fsp3) is 0.343. The second-order valence-electron chi connectivity index (χ2n) is 12.0. The zero-order chi connectivity index (χ0) is 34.6. The number of rotatable bonds is 9. The lowest BCUT2D eigenvalue weighted by Gasteiger charge is -2.23. The van der Waals surface area contributed by atoms with Gasteiger partial charge in [0.05, 0.1) is 16.1 Å². The Labute approximate surface area is 286 Å². The third kappa shape index (κ3) is 8.48. The minimum absolute atomic E-state index is 0.00690. The Kier molecular flexibility index (Phi) is 10.7. The zero-order valence-electron chi connectivity index (χ0n) is 27.6. The fourth-order valence-corrected chi connectivity index (χ4v) is 6.73. The van der Waals surface area contributed by atoms with Crippen molar-refractivity contribution in [1.82, 2.24) is 14.8 Å². The van der Waals surface area contributed by atoms with E-state index in [2.05, 4.69) is 53.8 Å². The maximum absolute atomic E-state index is 13.6. The first-order chi connectivity index (χ1) is 22.7. The van der Waals surface area contributed by atoms with E-state index in [1.54, 1.807) is 16.7 Å². The van der Waals surface area contributed by atoms with Crippen molar-refractivity contribution >= 4 is 45.5 Å². The number of hydrogen-bond donors (Lipinski definition) is 0. The van der Waals surface area contributed by atoms with E-state index in [1.807, 2.05) is 45.0 Å². The van der Waals surface area contributed by atoms with Crippen molar-refractivity contribution in [2.75, 3.05) is 17.2 Å². The number of aliphatic imine (C=N–C) groups is 2. The predicted molar refractivity (Wildman–Crippen MR) is 189 cm³/mol. The van der Waals surface area contributed by atoms with Crippen molar-refractivity contribution in [2.24, 2.45) is 9.98 Å². The van der Waals surface area contributed by atoms with Gasteiger partial charge in [-0.05, 0) is 85.9 Å². The Morgan fingerprint density at radius 3 is 2.42 bits per heavy atom. The summed E-state index contributed by atoms with van der Waals surface area (Å²) in [5, 5.41) is 5.75. The lowest BCUT2D eigenvalue weighted by Crippen LogP contribution is -2.37. The molecule has 1 aliphatic heterocycles. The van der Waals surface area contributed by atoms with E-state index in [-0.39, 0.29) is 17.6 Å². The quantitative estimate of drug-likeness (QED) is 0.129. The maximum Gasteiger partial charge on any atom is 0.573 e. The van der Waals surface area contributed by atoms with Gasteiger partial charge in [-0.15, -0.1) is 18.3 Å². The van der Waals surface area contributed by atoms with Gasteiger partial charge in [-0.25, -0.2) is 9.67 Å². The highest BCUT2D eigenvalue weighted by atomic mass is 32.2. The van der Waals surface area contributed by atoms with Crippen molar-refractivity contribution in [2.45, 2.75) is 65.0 Å². The third-order valence-corrected chi connectivity index (χ3v) is 9.36. The van der Waals surface area contributed by atoms with E-state index in [9.17, 15) is 18.0 Å². The summed E-state index contributed by atoms with van der Waals surface area (Å²) in [7, 11) is 0. The molecule has 2 heterocycles. The number of aryl methyl sites for hydroxylation is 1. The zero-order valence-corrected chi connectivity index (χ0v) is 29.2. The Morgan fingerprint density at radius 2 is 1.77 bits per heavy atom. The van der Waals surface area contributed by atoms with E-state index < -0.39 is 11.1 Å². The first-order valence-corrected chi connectivity index (χ1v) is 17.3. The molecule has 48 heavy (non-hydrogen) atoms. The monoisotopic (exact) mass is 694 g/mol. The van der Waals surface area contributed by atoms with E-state index in [1.165, 1.54) is 47.0 Å². The minimum Gasteiger partial charge on any atom is -0.406 e. The van der Waals surface area contributed by atoms with Crippen molar-refractivity contribution in [3.8, 4) is 22.8 Å². The SMILES string of the molecule is CCSC(=NCCc1ccc(-c2ncn(-c3ccc(OC(F)(F)F)cc3)n2)cc1)N=C1SC(C)(C)C(=O)N1c1cc(C)ccc1C(C)C. The first kappa shape index (κ1) is 35.2. The summed E-state index contributed by atoms with van der Waals surface area (Å²) in [4.78, 5) is 29.6. The molecule has 13 heteroatoms. The summed E-state index contributed by atoms with van der Waals surface area (Å²) in [6.07, 6.45) is -2.56. The number of thioether (sulfide) groups is 2. The molecule has 1 fully saturated rings. The van der Waals surface area contributed by atoms with Gasteiger partial charge in [-0.3, -0.25) is 14.7 Å². The average molecular weight is 695 g/mol. The Balaban J connectivity index is 1.29. The van der Waals surface area contributed by atoms with Gasteiger partial charge in [0.1, 0.15) is 12.1 Å². The van der Waals surface area contributed by atoms with Crippen molar-refractivity contribution < 1.29 is 22.7 Å². The number of alkyl halides is 3. The van der Waals surface area contributed by atoms with Gasteiger partial charge in [-0.2, -0.15) is 4.99 Å². The number of carbonyl (C=O) groups is 1. The molecule has 4 aromatic rings. The molecule has 0 bridgehead atoms. The number of aromatic nitrogens is 3. The van der Waals surface area contributed by atoms with Crippen LogP contribution in [0.25, 0.3) is 17.1 Å². The number of amidine groups is 2. The van der Waals surface area contributed by atoms with Crippen LogP contribution in [0, 0.1) is 6.92 Å². The first-order valence-electron chi connectivity index (χ1n) is 15.5. The van der Waals surface area contributed by atoms with Crippen LogP contribution in [0.15, 0.2) is 83.0 Å². The van der Waals surface area contributed by atoms with E-state index in [0.717, 1.165) is 33.7 Å². The second-order valence-corrected chi connectivity index (χ2v) is 14.8. The molecule has 1 aliphatic rings. The topological polar surface area (TPSA) is 85.0 Å². The lowest BCUT2D eigenvalue weighted by atomic mass is 9.98. The van der Waals surface area contributed by atoms with Crippen LogP contribution in [0.1, 0.15) is 57.2 Å². The lowest BCUT2D eigenvalue weighted by molar-refractivity contribution is -0.274. The molecule has 1 aromatic heterocycles. The van der Waals surface area contributed by atoms with Crippen LogP contribution in [-0.2, 0) is 11.2 Å². The standard InChI is InChI=1S/C35H37F3N6O2S2/c1-7-47-32(41-33-44(31(45)34(5,6)48-33)29-20-23(4)8-17-28(29)22(2)3)39-19-18-24-9-11-25(12-10-24)30-40-21-43(42-30)26-13-15-27(16-14-26)46-35(36,37)38/h8-17,20-22H,7,18-19H2,1-6H3. The highest BCUT2D eigenvalue weighted by molar-refractivity contribution is 8.17. The van der Waals surface area contributed by atoms with Crippen molar-refractivity contribution in [1.29, 1.82) is 0 Å². The van der Waals surface area contributed by atoms with Gasteiger partial charge >= 0.3 is 6.36 Å². The molecule has 5 rings (SSSR count). The molecule has 0 spiro atoms. The number of carbonyl (C=O) groups excluding carboxylic acids is 1. The number of amides is 1. The molecule has 252 valence electrons. The van der Waals surface area contributed by atoms with Gasteiger partial charge in [0.2, 0.25) is 5.91 Å². The minimum atomic E-state index is -4.75. The number of hydrogen-bond acceptors (Lipinski definition) is 7. The van der Waals surface area contributed by atoms with Gasteiger partial charge in [-0.1, -0.05) is 80.7 Å². The largest absolute Gasteiger partial charge is 0.573 e. The summed E-state index contributed by atoms with van der Waals surface area (Å²) >= 11 is 3.01. The fourth-order valence-electron chi connectivity index (χ4n) is 5.04. The number of benzene rings is 3. The molecule has 0 atom stereocenters. The van der Waals surface area contributed by atoms with Crippen LogP contribution in [0.4, 0.5) is 18.9 Å². The van der Waals surface area contributed by atoms with Gasteiger partial charge < -0.3 is 4.74 Å². The van der Waals surface area contributed by atoms with E-state index in [4.69, 9.17) is 9.98 Å².